The maximum Gasteiger partial charge on any atom is 0.134 e. The minimum absolute atomic E-state index is 0.270. The highest BCUT2D eigenvalue weighted by Gasteiger charge is 2.36. The number of para-hydroxylation sites is 1. The van der Waals surface area contributed by atoms with Crippen molar-refractivity contribution in [1.29, 1.82) is 0 Å². The van der Waals surface area contributed by atoms with Crippen LogP contribution in [0.25, 0.3) is 0 Å². The summed E-state index contributed by atoms with van der Waals surface area (Å²) in [4.78, 5) is 11.8. The lowest BCUT2D eigenvalue weighted by Crippen LogP contribution is -2.31. The molecule has 0 N–H and O–H groups in total. The molecule has 2 rings (SSSR count). The van der Waals surface area contributed by atoms with Gasteiger partial charge in [0.05, 0.1) is 6.26 Å². The van der Waals surface area contributed by atoms with E-state index in [1.807, 2.05) is 43.3 Å². The molecule has 0 spiro atoms. The fourth-order valence-corrected chi connectivity index (χ4v) is 2.77. The van der Waals surface area contributed by atoms with Gasteiger partial charge in [0.15, 0.2) is 0 Å². The summed E-state index contributed by atoms with van der Waals surface area (Å²) in [5.41, 5.74) is 0.796. The standard InChI is InChI=1S/C17H20O2/c1-3-12-19-16-10-6-5-9-15(16)17(4-2)11-7-8-14(18)13-17/h3-6,9-10,12H,2,7-8,11,13H2,1H3. The van der Waals surface area contributed by atoms with Crippen LogP contribution in [0.2, 0.25) is 0 Å². The van der Waals surface area contributed by atoms with Gasteiger partial charge < -0.3 is 4.74 Å². The molecule has 1 unspecified atom stereocenters. The van der Waals surface area contributed by atoms with Gasteiger partial charge in [-0.05, 0) is 25.8 Å². The van der Waals surface area contributed by atoms with Gasteiger partial charge in [0.1, 0.15) is 11.5 Å². The number of benzene rings is 1. The van der Waals surface area contributed by atoms with E-state index in [-0.39, 0.29) is 5.41 Å². The van der Waals surface area contributed by atoms with Crippen LogP contribution in [-0.4, -0.2) is 5.78 Å². The molecule has 2 nitrogen and oxygen atoms in total. The third kappa shape index (κ3) is 2.78. The molecule has 1 fully saturated rings. The molecule has 1 aliphatic rings. The Hall–Kier alpha value is -1.83. The maximum atomic E-state index is 11.8. The molecule has 1 atom stereocenters. The summed E-state index contributed by atoms with van der Waals surface area (Å²) in [6.45, 7) is 5.88. The van der Waals surface area contributed by atoms with Gasteiger partial charge in [-0.2, -0.15) is 0 Å². The van der Waals surface area contributed by atoms with Gasteiger partial charge in [0.2, 0.25) is 0 Å². The third-order valence-corrected chi connectivity index (χ3v) is 3.74. The molecule has 0 amide bonds. The Kier molecular flexibility index (Phi) is 4.20. The number of carbonyl (C=O) groups is 1. The lowest BCUT2D eigenvalue weighted by molar-refractivity contribution is -0.121. The van der Waals surface area contributed by atoms with Gasteiger partial charge in [0.25, 0.3) is 0 Å². The summed E-state index contributed by atoms with van der Waals surface area (Å²) in [7, 11) is 0. The molecule has 0 radical (unpaired) electrons. The first-order chi connectivity index (χ1) is 9.22. The summed E-state index contributed by atoms with van der Waals surface area (Å²) in [6.07, 6.45) is 8.53. The average molecular weight is 256 g/mol. The first-order valence-corrected chi connectivity index (χ1v) is 6.74. The second kappa shape index (κ2) is 5.87. The van der Waals surface area contributed by atoms with Crippen LogP contribution < -0.4 is 4.74 Å². The van der Waals surface area contributed by atoms with Crippen molar-refractivity contribution >= 4 is 5.78 Å². The number of hydrogen-bond donors (Lipinski definition) is 0. The summed E-state index contributed by atoms with van der Waals surface area (Å²) in [6, 6.07) is 7.92. The van der Waals surface area contributed by atoms with Crippen molar-refractivity contribution < 1.29 is 9.53 Å². The number of ether oxygens (including phenoxy) is 1. The smallest absolute Gasteiger partial charge is 0.134 e. The van der Waals surface area contributed by atoms with Crippen LogP contribution in [0.5, 0.6) is 5.75 Å². The minimum Gasteiger partial charge on any atom is -0.465 e. The lowest BCUT2D eigenvalue weighted by atomic mass is 9.69. The van der Waals surface area contributed by atoms with Gasteiger partial charge in [-0.1, -0.05) is 30.4 Å². The van der Waals surface area contributed by atoms with E-state index in [0.29, 0.717) is 18.6 Å². The van der Waals surface area contributed by atoms with Crippen molar-refractivity contribution in [2.24, 2.45) is 0 Å². The van der Waals surface area contributed by atoms with E-state index in [2.05, 4.69) is 6.58 Å². The Morgan fingerprint density at radius 2 is 2.16 bits per heavy atom. The van der Waals surface area contributed by atoms with Crippen molar-refractivity contribution in [3.63, 3.8) is 0 Å². The van der Waals surface area contributed by atoms with Crippen molar-refractivity contribution in [3.8, 4) is 5.75 Å². The SMILES string of the molecule is C=CC1(c2ccccc2OC=CC)CCCC(=O)C1. The van der Waals surface area contributed by atoms with E-state index in [0.717, 1.165) is 24.2 Å². The number of Topliss-reactive ketones (excluding diaryl/α,β-unsaturated/α-hetero) is 1. The van der Waals surface area contributed by atoms with Crippen LogP contribution in [0, 0.1) is 0 Å². The Morgan fingerprint density at radius 1 is 1.37 bits per heavy atom. The molecule has 0 saturated heterocycles. The van der Waals surface area contributed by atoms with E-state index in [4.69, 9.17) is 4.74 Å². The van der Waals surface area contributed by atoms with Crippen LogP contribution in [0.4, 0.5) is 0 Å². The third-order valence-electron chi connectivity index (χ3n) is 3.74. The normalized spacial score (nSPS) is 23.5. The first kappa shape index (κ1) is 13.6. The van der Waals surface area contributed by atoms with E-state index in [9.17, 15) is 4.79 Å². The van der Waals surface area contributed by atoms with Gasteiger partial charge in [-0.25, -0.2) is 0 Å². The molecular formula is C17H20O2. The van der Waals surface area contributed by atoms with Gasteiger partial charge in [0, 0.05) is 23.8 Å². The van der Waals surface area contributed by atoms with Crippen LogP contribution in [-0.2, 0) is 10.2 Å². The second-order valence-electron chi connectivity index (χ2n) is 5.01. The van der Waals surface area contributed by atoms with Crippen LogP contribution in [0.3, 0.4) is 0 Å². The van der Waals surface area contributed by atoms with Crippen molar-refractivity contribution in [1.82, 2.24) is 0 Å². The zero-order valence-electron chi connectivity index (χ0n) is 11.4. The second-order valence-corrected chi connectivity index (χ2v) is 5.01. The highest BCUT2D eigenvalue weighted by molar-refractivity contribution is 5.81. The molecule has 2 heteroatoms. The van der Waals surface area contributed by atoms with Gasteiger partial charge in [-0.15, -0.1) is 6.58 Å². The number of hydrogen-bond acceptors (Lipinski definition) is 2. The molecular weight excluding hydrogens is 236 g/mol. The van der Waals surface area contributed by atoms with Gasteiger partial charge >= 0.3 is 0 Å². The predicted molar refractivity (Wildman–Crippen MR) is 77.2 cm³/mol. The maximum absolute atomic E-state index is 11.8. The number of ketones is 1. The molecule has 100 valence electrons. The zero-order valence-corrected chi connectivity index (χ0v) is 11.4. The van der Waals surface area contributed by atoms with Crippen LogP contribution >= 0.6 is 0 Å². The molecule has 0 aliphatic heterocycles. The monoisotopic (exact) mass is 256 g/mol. The first-order valence-electron chi connectivity index (χ1n) is 6.74. The van der Waals surface area contributed by atoms with Crippen molar-refractivity contribution in [3.05, 3.63) is 54.8 Å². The highest BCUT2D eigenvalue weighted by Crippen LogP contribution is 2.43. The summed E-state index contributed by atoms with van der Waals surface area (Å²) in [5, 5.41) is 0. The summed E-state index contributed by atoms with van der Waals surface area (Å²) in [5.74, 6) is 1.13. The van der Waals surface area contributed by atoms with Crippen LogP contribution in [0.1, 0.15) is 38.2 Å². The number of carbonyl (C=O) groups excluding carboxylic acids is 1. The molecule has 1 aliphatic carbocycles. The predicted octanol–water partition coefficient (Wildman–Crippen LogP) is 4.17. The lowest BCUT2D eigenvalue weighted by Gasteiger charge is -2.35. The van der Waals surface area contributed by atoms with E-state index in [1.54, 1.807) is 6.26 Å². The van der Waals surface area contributed by atoms with E-state index < -0.39 is 0 Å². The Balaban J connectivity index is 2.42. The van der Waals surface area contributed by atoms with Crippen molar-refractivity contribution in [2.75, 3.05) is 0 Å². The van der Waals surface area contributed by atoms with Crippen molar-refractivity contribution in [2.45, 2.75) is 38.0 Å². The van der Waals surface area contributed by atoms with Crippen LogP contribution in [0.15, 0.2) is 49.3 Å². The molecule has 1 aromatic rings. The van der Waals surface area contributed by atoms with E-state index >= 15 is 0 Å². The summed E-state index contributed by atoms with van der Waals surface area (Å²) < 4.78 is 5.66. The average Bonchev–Trinajstić information content (AvgIpc) is 2.45. The molecule has 1 aromatic carbocycles. The number of rotatable bonds is 4. The molecule has 0 heterocycles. The van der Waals surface area contributed by atoms with E-state index in [1.165, 1.54) is 0 Å². The topological polar surface area (TPSA) is 26.3 Å². The molecule has 0 aromatic heterocycles. The quantitative estimate of drug-likeness (QED) is 0.597. The zero-order chi connectivity index (χ0) is 13.7. The summed E-state index contributed by atoms with van der Waals surface area (Å²) >= 11 is 0. The molecule has 19 heavy (non-hydrogen) atoms. The Bertz CT molecular complexity index is 502. The molecule has 1 saturated carbocycles. The fourth-order valence-electron chi connectivity index (χ4n) is 2.77. The van der Waals surface area contributed by atoms with Gasteiger partial charge in [-0.3, -0.25) is 4.79 Å². The minimum atomic E-state index is -0.270. The largest absolute Gasteiger partial charge is 0.465 e. The Labute approximate surface area is 114 Å². The molecule has 0 bridgehead atoms. The number of allylic oxidation sites excluding steroid dienone is 2. The fraction of sp³-hybridized carbons (Fsp3) is 0.353. The highest BCUT2D eigenvalue weighted by atomic mass is 16.5. The Morgan fingerprint density at radius 3 is 2.84 bits per heavy atom.